The number of aliphatic hydroxyl groups is 1. The maximum absolute atomic E-state index is 11.3. The lowest BCUT2D eigenvalue weighted by atomic mass is 9.87. The van der Waals surface area contributed by atoms with Gasteiger partial charge in [-0.2, -0.15) is 0 Å². The normalized spacial score (nSPS) is 16.8. The van der Waals surface area contributed by atoms with Crippen LogP contribution in [0.5, 0.6) is 0 Å². The number of aliphatic hydroxyl groups excluding tert-OH is 1. The monoisotopic (exact) mass is 251 g/mol. The molecule has 98 valence electrons. The van der Waals surface area contributed by atoms with Gasteiger partial charge in [0.2, 0.25) is 0 Å². The van der Waals surface area contributed by atoms with Crippen LogP contribution in [0.15, 0.2) is 24.3 Å². The first-order valence-electron chi connectivity index (χ1n) is 5.80. The highest BCUT2D eigenvalue weighted by Gasteiger charge is 2.37. The number of ether oxygens (including phenoxy) is 2. The van der Waals surface area contributed by atoms with Gasteiger partial charge in [0.25, 0.3) is 0 Å². The Morgan fingerprint density at radius 1 is 1.44 bits per heavy atom. The fraction of sp³-hybridized carbons (Fsp3) is 0.462. The van der Waals surface area contributed by atoms with Gasteiger partial charge in [0.1, 0.15) is 0 Å². The van der Waals surface area contributed by atoms with Gasteiger partial charge in [0, 0.05) is 12.2 Å². The lowest BCUT2D eigenvalue weighted by Gasteiger charge is -2.40. The molecule has 0 amide bonds. The molecule has 1 aromatic rings. The molecule has 1 aromatic carbocycles. The van der Waals surface area contributed by atoms with Gasteiger partial charge in [-0.15, -0.1) is 0 Å². The Kier molecular flexibility index (Phi) is 3.84. The Balaban J connectivity index is 1.92. The fourth-order valence-electron chi connectivity index (χ4n) is 1.77. The van der Waals surface area contributed by atoms with E-state index in [9.17, 15) is 9.90 Å². The number of anilines is 1. The van der Waals surface area contributed by atoms with Crippen molar-refractivity contribution in [2.24, 2.45) is 5.41 Å². The average Bonchev–Trinajstić information content (AvgIpc) is 2.38. The van der Waals surface area contributed by atoms with Crippen molar-refractivity contribution in [3.8, 4) is 0 Å². The van der Waals surface area contributed by atoms with E-state index in [1.165, 1.54) is 7.11 Å². The molecule has 5 nitrogen and oxygen atoms in total. The van der Waals surface area contributed by atoms with E-state index in [1.54, 1.807) is 12.1 Å². The van der Waals surface area contributed by atoms with Gasteiger partial charge in [-0.1, -0.05) is 0 Å². The Bertz CT molecular complexity index is 406. The molecule has 5 heteroatoms. The van der Waals surface area contributed by atoms with Gasteiger partial charge in [-0.05, 0) is 24.3 Å². The molecule has 1 fully saturated rings. The molecule has 2 rings (SSSR count). The number of methoxy groups -OCH3 is 1. The first-order valence-corrected chi connectivity index (χ1v) is 5.80. The molecule has 1 aliphatic rings. The Morgan fingerprint density at radius 3 is 2.56 bits per heavy atom. The first kappa shape index (κ1) is 12.9. The second kappa shape index (κ2) is 5.37. The van der Waals surface area contributed by atoms with Gasteiger partial charge in [0.15, 0.2) is 0 Å². The van der Waals surface area contributed by atoms with E-state index in [-0.39, 0.29) is 18.0 Å². The predicted molar refractivity (Wildman–Crippen MR) is 66.6 cm³/mol. The molecule has 1 saturated heterocycles. The summed E-state index contributed by atoms with van der Waals surface area (Å²) in [6.45, 7) is 1.93. The maximum Gasteiger partial charge on any atom is 0.337 e. The van der Waals surface area contributed by atoms with E-state index >= 15 is 0 Å². The van der Waals surface area contributed by atoms with E-state index in [0.717, 1.165) is 5.69 Å². The zero-order chi connectivity index (χ0) is 13.0. The molecular weight excluding hydrogens is 234 g/mol. The summed E-state index contributed by atoms with van der Waals surface area (Å²) < 4.78 is 9.75. The first-order chi connectivity index (χ1) is 8.69. The number of nitrogens with one attached hydrogen (secondary N) is 1. The molecule has 0 aliphatic carbocycles. The van der Waals surface area contributed by atoms with E-state index < -0.39 is 0 Å². The molecule has 0 radical (unpaired) electrons. The van der Waals surface area contributed by atoms with Crippen LogP contribution in [0.25, 0.3) is 0 Å². The quantitative estimate of drug-likeness (QED) is 0.761. The van der Waals surface area contributed by atoms with Crippen LogP contribution in [0.1, 0.15) is 10.4 Å². The molecule has 0 atom stereocenters. The summed E-state index contributed by atoms with van der Waals surface area (Å²) in [4.78, 5) is 11.3. The smallest absolute Gasteiger partial charge is 0.337 e. The summed E-state index contributed by atoms with van der Waals surface area (Å²) in [5.74, 6) is -0.347. The van der Waals surface area contributed by atoms with Gasteiger partial charge in [-0.25, -0.2) is 4.79 Å². The molecule has 0 aromatic heterocycles. The fourth-order valence-corrected chi connectivity index (χ4v) is 1.77. The summed E-state index contributed by atoms with van der Waals surface area (Å²) in [6, 6.07) is 7.04. The largest absolute Gasteiger partial charge is 0.465 e. The standard InChI is InChI=1S/C13H17NO4/c1-17-12(16)10-2-4-11(5-3-10)14-6-13(7-15)8-18-9-13/h2-5,14-15H,6-9H2,1H3. The minimum absolute atomic E-state index is 0.111. The van der Waals surface area contributed by atoms with Crippen molar-refractivity contribution in [1.29, 1.82) is 0 Å². The van der Waals surface area contributed by atoms with Crippen molar-refractivity contribution < 1.29 is 19.4 Å². The van der Waals surface area contributed by atoms with Crippen LogP contribution < -0.4 is 5.32 Å². The number of benzene rings is 1. The lowest BCUT2D eigenvalue weighted by molar-refractivity contribution is -0.128. The minimum atomic E-state index is -0.347. The molecule has 0 spiro atoms. The third kappa shape index (κ3) is 2.63. The average molecular weight is 251 g/mol. The Hall–Kier alpha value is -1.59. The van der Waals surface area contributed by atoms with Gasteiger partial charge in [0.05, 0.1) is 37.9 Å². The van der Waals surface area contributed by atoms with Crippen LogP contribution in [-0.2, 0) is 9.47 Å². The molecule has 0 unspecified atom stereocenters. The Labute approximate surface area is 106 Å². The highest BCUT2D eigenvalue weighted by molar-refractivity contribution is 5.89. The molecular formula is C13H17NO4. The van der Waals surface area contributed by atoms with Crippen LogP contribution in [-0.4, -0.2) is 44.6 Å². The van der Waals surface area contributed by atoms with E-state index in [1.807, 2.05) is 12.1 Å². The van der Waals surface area contributed by atoms with E-state index in [4.69, 9.17) is 4.74 Å². The molecule has 2 N–H and O–H groups in total. The molecule has 18 heavy (non-hydrogen) atoms. The van der Waals surface area contributed by atoms with Crippen molar-refractivity contribution in [3.63, 3.8) is 0 Å². The van der Waals surface area contributed by atoms with Crippen LogP contribution in [0.4, 0.5) is 5.69 Å². The number of esters is 1. The van der Waals surface area contributed by atoms with Crippen LogP contribution >= 0.6 is 0 Å². The minimum Gasteiger partial charge on any atom is -0.465 e. The number of carbonyl (C=O) groups is 1. The van der Waals surface area contributed by atoms with Crippen molar-refractivity contribution in [1.82, 2.24) is 0 Å². The third-order valence-corrected chi connectivity index (χ3v) is 3.13. The van der Waals surface area contributed by atoms with Crippen LogP contribution in [0.2, 0.25) is 0 Å². The molecule has 0 saturated carbocycles. The van der Waals surface area contributed by atoms with Crippen molar-refractivity contribution >= 4 is 11.7 Å². The topological polar surface area (TPSA) is 67.8 Å². The van der Waals surface area contributed by atoms with Gasteiger partial charge < -0.3 is 19.9 Å². The molecule has 1 heterocycles. The summed E-state index contributed by atoms with van der Waals surface area (Å²) in [6.07, 6.45) is 0. The van der Waals surface area contributed by atoms with Gasteiger partial charge >= 0.3 is 5.97 Å². The number of carbonyl (C=O) groups excluding carboxylic acids is 1. The van der Waals surface area contributed by atoms with Crippen molar-refractivity contribution in [2.75, 3.05) is 38.8 Å². The number of hydrogen-bond donors (Lipinski definition) is 2. The number of hydrogen-bond acceptors (Lipinski definition) is 5. The van der Waals surface area contributed by atoms with E-state index in [0.29, 0.717) is 25.3 Å². The molecule has 1 aliphatic heterocycles. The van der Waals surface area contributed by atoms with Crippen molar-refractivity contribution in [2.45, 2.75) is 0 Å². The third-order valence-electron chi connectivity index (χ3n) is 3.13. The lowest BCUT2D eigenvalue weighted by Crippen LogP contribution is -2.50. The molecule has 0 bridgehead atoms. The second-order valence-corrected chi connectivity index (χ2v) is 4.57. The summed E-state index contributed by atoms with van der Waals surface area (Å²) in [5, 5.41) is 12.5. The Morgan fingerprint density at radius 2 is 2.11 bits per heavy atom. The summed E-state index contributed by atoms with van der Waals surface area (Å²) >= 11 is 0. The highest BCUT2D eigenvalue weighted by atomic mass is 16.5. The number of rotatable bonds is 5. The summed E-state index contributed by atoms with van der Waals surface area (Å²) in [7, 11) is 1.36. The van der Waals surface area contributed by atoms with Gasteiger partial charge in [-0.3, -0.25) is 0 Å². The maximum atomic E-state index is 11.3. The van der Waals surface area contributed by atoms with Crippen LogP contribution in [0, 0.1) is 5.41 Å². The SMILES string of the molecule is COC(=O)c1ccc(NCC2(CO)COC2)cc1. The van der Waals surface area contributed by atoms with Crippen molar-refractivity contribution in [3.05, 3.63) is 29.8 Å². The highest BCUT2D eigenvalue weighted by Crippen LogP contribution is 2.27. The predicted octanol–water partition coefficient (Wildman–Crippen LogP) is 0.894. The second-order valence-electron chi connectivity index (χ2n) is 4.57. The zero-order valence-corrected chi connectivity index (χ0v) is 10.3. The van der Waals surface area contributed by atoms with Crippen LogP contribution in [0.3, 0.4) is 0 Å². The summed E-state index contributed by atoms with van der Waals surface area (Å²) in [5.41, 5.74) is 1.26. The van der Waals surface area contributed by atoms with E-state index in [2.05, 4.69) is 10.1 Å². The zero-order valence-electron chi connectivity index (χ0n) is 10.3.